The van der Waals surface area contributed by atoms with Crippen molar-refractivity contribution in [3.05, 3.63) is 65.4 Å². The molecule has 1 aliphatic carbocycles. The molecule has 5 rings (SSSR count). The zero-order chi connectivity index (χ0) is 23.3. The number of halogens is 3. The van der Waals surface area contributed by atoms with Crippen molar-refractivity contribution in [1.29, 1.82) is 0 Å². The van der Waals surface area contributed by atoms with Crippen LogP contribution < -0.4 is 4.90 Å². The number of nitrogens with zero attached hydrogens (tertiary/aromatic N) is 5. The highest BCUT2D eigenvalue weighted by Gasteiger charge is 2.53. The number of aromatic nitrogens is 4. The summed E-state index contributed by atoms with van der Waals surface area (Å²) in [4.78, 5) is 19.2. The summed E-state index contributed by atoms with van der Waals surface area (Å²) in [6, 6.07) is 9.38. The Morgan fingerprint density at radius 3 is 2.73 bits per heavy atom. The summed E-state index contributed by atoms with van der Waals surface area (Å²) < 4.78 is 42.4. The molecule has 0 spiro atoms. The maximum absolute atomic E-state index is 13.5. The zero-order valence-electron chi connectivity index (χ0n) is 18.4. The molecular weight excluding hydrogens is 431 g/mol. The molecule has 6 nitrogen and oxygen atoms in total. The Labute approximate surface area is 189 Å². The Kier molecular flexibility index (Phi) is 5.22. The number of hydrogen-bond acceptors (Lipinski definition) is 4. The number of carbonyl (C=O) groups is 1. The van der Waals surface area contributed by atoms with Crippen LogP contribution in [0, 0.1) is 18.8 Å². The third-order valence-corrected chi connectivity index (χ3v) is 6.76. The third kappa shape index (κ3) is 3.69. The molecule has 1 aliphatic heterocycles. The Hall–Kier alpha value is -3.23. The van der Waals surface area contributed by atoms with E-state index >= 15 is 0 Å². The van der Waals surface area contributed by atoms with E-state index in [0.29, 0.717) is 12.2 Å². The number of pyridine rings is 1. The molecule has 0 N–H and O–H groups in total. The Bertz CT molecular complexity index is 1200. The molecule has 1 amide bonds. The quantitative estimate of drug-likeness (QED) is 0.552. The molecule has 9 heteroatoms. The highest BCUT2D eigenvalue weighted by Crippen LogP contribution is 2.51. The number of alkyl halides is 3. The molecule has 2 aliphatic rings. The molecule has 3 unspecified atom stereocenters. The van der Waals surface area contributed by atoms with E-state index in [-0.39, 0.29) is 29.3 Å². The van der Waals surface area contributed by atoms with Gasteiger partial charge >= 0.3 is 6.18 Å². The normalized spacial score (nSPS) is 22.8. The van der Waals surface area contributed by atoms with Gasteiger partial charge in [0.1, 0.15) is 18.2 Å². The fourth-order valence-electron chi connectivity index (χ4n) is 5.25. The van der Waals surface area contributed by atoms with Crippen molar-refractivity contribution in [2.45, 2.75) is 51.7 Å². The van der Waals surface area contributed by atoms with Crippen LogP contribution in [0.1, 0.15) is 54.9 Å². The first-order valence-corrected chi connectivity index (χ1v) is 11.2. The lowest BCUT2D eigenvalue weighted by Gasteiger charge is -2.27. The van der Waals surface area contributed by atoms with Gasteiger partial charge in [-0.15, -0.1) is 10.2 Å². The Morgan fingerprint density at radius 2 is 1.97 bits per heavy atom. The average molecular weight is 455 g/mol. The maximum atomic E-state index is 13.5. The van der Waals surface area contributed by atoms with Crippen LogP contribution in [0.15, 0.2) is 42.7 Å². The van der Waals surface area contributed by atoms with E-state index < -0.39 is 17.8 Å². The minimum absolute atomic E-state index is 0.0172. The fourth-order valence-corrected chi connectivity index (χ4v) is 5.25. The molecule has 0 radical (unpaired) electrons. The number of anilines is 1. The first-order valence-electron chi connectivity index (χ1n) is 11.2. The first-order chi connectivity index (χ1) is 15.8. The summed E-state index contributed by atoms with van der Waals surface area (Å²) in [6.07, 6.45) is 0.347. The molecule has 2 aromatic heterocycles. The molecule has 1 saturated carbocycles. The summed E-state index contributed by atoms with van der Waals surface area (Å²) in [7, 11) is 0. The molecule has 2 fully saturated rings. The van der Waals surface area contributed by atoms with Gasteiger partial charge in [-0.3, -0.25) is 14.3 Å². The highest BCUT2D eigenvalue weighted by atomic mass is 19.4. The smallest absolute Gasteiger partial charge is 0.285 e. The molecule has 1 saturated heterocycles. The summed E-state index contributed by atoms with van der Waals surface area (Å²) in [6.45, 7) is 3.57. The van der Waals surface area contributed by atoms with Crippen molar-refractivity contribution in [2.75, 3.05) is 4.90 Å². The molecule has 33 heavy (non-hydrogen) atoms. The molecular formula is C24H24F3N5O. The van der Waals surface area contributed by atoms with Crippen molar-refractivity contribution in [3.8, 4) is 5.69 Å². The number of rotatable bonds is 4. The van der Waals surface area contributed by atoms with Crippen molar-refractivity contribution >= 4 is 11.7 Å². The van der Waals surface area contributed by atoms with Crippen molar-refractivity contribution in [1.82, 2.24) is 19.7 Å². The van der Waals surface area contributed by atoms with Gasteiger partial charge in [-0.25, -0.2) is 4.98 Å². The van der Waals surface area contributed by atoms with E-state index in [0.717, 1.165) is 42.6 Å². The second kappa shape index (κ2) is 7.97. The van der Waals surface area contributed by atoms with Crippen LogP contribution in [0.3, 0.4) is 0 Å². The molecule has 0 bridgehead atoms. The van der Waals surface area contributed by atoms with E-state index in [1.54, 1.807) is 6.33 Å². The van der Waals surface area contributed by atoms with Gasteiger partial charge in [-0.1, -0.05) is 25.5 Å². The van der Waals surface area contributed by atoms with E-state index in [9.17, 15) is 18.0 Å². The number of benzene rings is 1. The van der Waals surface area contributed by atoms with Gasteiger partial charge in [0, 0.05) is 17.3 Å². The highest BCUT2D eigenvalue weighted by molar-refractivity contribution is 5.98. The van der Waals surface area contributed by atoms with Gasteiger partial charge in [0.2, 0.25) is 5.91 Å². The van der Waals surface area contributed by atoms with E-state index in [2.05, 4.69) is 22.1 Å². The Morgan fingerprint density at radius 1 is 1.15 bits per heavy atom. The number of carbonyl (C=O) groups excluding carboxylic acids is 1. The lowest BCUT2D eigenvalue weighted by atomic mass is 9.93. The monoisotopic (exact) mass is 455 g/mol. The predicted octanol–water partition coefficient (Wildman–Crippen LogP) is 5.06. The van der Waals surface area contributed by atoms with Crippen LogP contribution >= 0.6 is 0 Å². The van der Waals surface area contributed by atoms with E-state index in [1.165, 1.54) is 11.8 Å². The Balaban J connectivity index is 1.65. The second-order valence-corrected chi connectivity index (χ2v) is 8.79. The van der Waals surface area contributed by atoms with Gasteiger partial charge in [0.05, 0.1) is 5.56 Å². The first kappa shape index (κ1) is 21.6. The van der Waals surface area contributed by atoms with Crippen LogP contribution in [-0.4, -0.2) is 25.7 Å². The zero-order valence-corrected chi connectivity index (χ0v) is 18.4. The summed E-state index contributed by atoms with van der Waals surface area (Å²) in [5, 5.41) is 8.48. The lowest BCUT2D eigenvalue weighted by Crippen LogP contribution is -2.33. The minimum atomic E-state index is -4.53. The summed E-state index contributed by atoms with van der Waals surface area (Å²) in [5.41, 5.74) is 1.39. The maximum Gasteiger partial charge on any atom is 0.416 e. The fraction of sp³-hybridized carbons (Fsp3) is 0.417. The average Bonchev–Trinajstić information content (AvgIpc) is 3.50. The number of fused-ring (bicyclic) bond motifs is 1. The van der Waals surface area contributed by atoms with E-state index in [1.807, 2.05) is 28.8 Å². The topological polar surface area (TPSA) is 63.9 Å². The van der Waals surface area contributed by atoms with Gasteiger partial charge < -0.3 is 0 Å². The SMILES string of the molecule is CCc1cccc(-n2cnnc2C2C3CCCC3C(=O)N2c2cc(C(F)(F)F)cc(C)n2)c1. The van der Waals surface area contributed by atoms with Crippen LogP contribution in [-0.2, 0) is 17.4 Å². The van der Waals surface area contributed by atoms with Gasteiger partial charge in [0.15, 0.2) is 5.82 Å². The van der Waals surface area contributed by atoms with Gasteiger partial charge in [0.25, 0.3) is 0 Å². The van der Waals surface area contributed by atoms with Crippen LogP contribution in [0.4, 0.5) is 19.0 Å². The lowest BCUT2D eigenvalue weighted by molar-refractivity contribution is -0.137. The van der Waals surface area contributed by atoms with Crippen molar-refractivity contribution in [3.63, 3.8) is 0 Å². The predicted molar refractivity (Wildman–Crippen MR) is 116 cm³/mol. The molecule has 3 heterocycles. The standard InChI is InChI=1S/C24H24F3N5O/c1-3-15-6-4-7-17(11-15)31-13-28-30-22(31)21-18-8-5-9-19(18)23(33)32(21)20-12-16(24(25,26)27)10-14(2)29-20/h4,6-7,10-13,18-19,21H,3,5,8-9H2,1-2H3. The van der Waals surface area contributed by atoms with Crippen molar-refractivity contribution in [2.24, 2.45) is 11.8 Å². The third-order valence-electron chi connectivity index (χ3n) is 6.76. The van der Waals surface area contributed by atoms with Gasteiger partial charge in [-0.2, -0.15) is 13.2 Å². The van der Waals surface area contributed by atoms with Gasteiger partial charge in [-0.05, 0) is 61.9 Å². The number of aryl methyl sites for hydroxylation is 2. The van der Waals surface area contributed by atoms with Crippen LogP contribution in [0.5, 0.6) is 0 Å². The summed E-state index contributed by atoms with van der Waals surface area (Å²) in [5.74, 6) is 0.0715. The van der Waals surface area contributed by atoms with Crippen molar-refractivity contribution < 1.29 is 18.0 Å². The van der Waals surface area contributed by atoms with E-state index in [4.69, 9.17) is 0 Å². The molecule has 3 aromatic rings. The molecule has 3 atom stereocenters. The molecule has 172 valence electrons. The molecule has 1 aromatic carbocycles. The van der Waals surface area contributed by atoms with Crippen LogP contribution in [0.25, 0.3) is 5.69 Å². The second-order valence-electron chi connectivity index (χ2n) is 8.79. The minimum Gasteiger partial charge on any atom is -0.285 e. The number of hydrogen-bond donors (Lipinski definition) is 0. The largest absolute Gasteiger partial charge is 0.416 e. The number of amides is 1. The summed E-state index contributed by atoms with van der Waals surface area (Å²) >= 11 is 0. The van der Waals surface area contributed by atoms with Crippen LogP contribution in [0.2, 0.25) is 0 Å².